The lowest BCUT2D eigenvalue weighted by molar-refractivity contribution is -0.120. The summed E-state index contributed by atoms with van der Waals surface area (Å²) in [5.41, 5.74) is 3.81. The molecule has 6 heteroatoms. The summed E-state index contributed by atoms with van der Waals surface area (Å²) in [5.74, 6) is -0.0437. The first-order valence-corrected chi connectivity index (χ1v) is 10.8. The number of nitrogens with zero attached hydrogens (tertiary/aromatic N) is 3. The summed E-state index contributed by atoms with van der Waals surface area (Å²) in [4.78, 5) is 29.3. The van der Waals surface area contributed by atoms with Crippen molar-refractivity contribution < 1.29 is 9.59 Å². The van der Waals surface area contributed by atoms with E-state index in [0.717, 1.165) is 37.2 Å². The van der Waals surface area contributed by atoms with Gasteiger partial charge in [0, 0.05) is 36.9 Å². The summed E-state index contributed by atoms with van der Waals surface area (Å²) < 4.78 is 0. The maximum Gasteiger partial charge on any atom is 0.251 e. The molecule has 1 fully saturated rings. The highest BCUT2D eigenvalue weighted by molar-refractivity contribution is 5.95. The first-order valence-electron chi connectivity index (χ1n) is 10.8. The highest BCUT2D eigenvalue weighted by Crippen LogP contribution is 2.20. The average molecular weight is 419 g/mol. The van der Waals surface area contributed by atoms with Crippen LogP contribution in [-0.4, -0.2) is 48.9 Å². The minimum atomic E-state index is -0.0486. The maximum atomic E-state index is 13.1. The highest BCUT2D eigenvalue weighted by Gasteiger charge is 2.25. The molecule has 6 nitrogen and oxygen atoms in total. The van der Waals surface area contributed by atoms with Crippen LogP contribution in [0.15, 0.2) is 48.5 Å². The Bertz CT molecular complexity index is 944. The standard InChI is InChI=1S/C25H30N4O2/c1-19-9-10-23(17-20(19)2)29(14-6-13-26)24(30)18-28-15-11-22(12-16-28)27-25(31)21-7-4-3-5-8-21/h3-5,7-10,17,22H,6,11-12,14-16,18H2,1-2H3,(H,27,31). The molecule has 0 spiro atoms. The number of anilines is 1. The van der Waals surface area contributed by atoms with Crippen LogP contribution >= 0.6 is 0 Å². The average Bonchev–Trinajstić information content (AvgIpc) is 2.78. The number of hydrogen-bond acceptors (Lipinski definition) is 4. The van der Waals surface area contributed by atoms with Gasteiger partial charge in [0.05, 0.1) is 19.0 Å². The van der Waals surface area contributed by atoms with Crippen LogP contribution in [0.3, 0.4) is 0 Å². The van der Waals surface area contributed by atoms with Crippen LogP contribution in [0.1, 0.15) is 40.7 Å². The van der Waals surface area contributed by atoms with Gasteiger partial charge in [0.15, 0.2) is 0 Å². The Labute approximate surface area is 184 Å². The number of rotatable bonds is 7. The van der Waals surface area contributed by atoms with Gasteiger partial charge in [0.1, 0.15) is 0 Å². The van der Waals surface area contributed by atoms with E-state index in [-0.39, 0.29) is 17.9 Å². The molecule has 162 valence electrons. The largest absolute Gasteiger partial charge is 0.349 e. The van der Waals surface area contributed by atoms with E-state index in [4.69, 9.17) is 5.26 Å². The molecule has 2 aromatic carbocycles. The van der Waals surface area contributed by atoms with E-state index in [1.165, 1.54) is 5.56 Å². The summed E-state index contributed by atoms with van der Waals surface area (Å²) in [7, 11) is 0. The Balaban J connectivity index is 1.55. The number of nitriles is 1. The zero-order chi connectivity index (χ0) is 22.2. The van der Waals surface area contributed by atoms with Gasteiger partial charge in [0.2, 0.25) is 5.91 Å². The molecule has 1 heterocycles. The van der Waals surface area contributed by atoms with Gasteiger partial charge in [-0.25, -0.2) is 0 Å². The van der Waals surface area contributed by atoms with Crippen LogP contribution in [-0.2, 0) is 4.79 Å². The zero-order valence-electron chi connectivity index (χ0n) is 18.3. The smallest absolute Gasteiger partial charge is 0.251 e. The summed E-state index contributed by atoms with van der Waals surface area (Å²) in [6.45, 7) is 6.29. The van der Waals surface area contributed by atoms with Crippen molar-refractivity contribution in [3.63, 3.8) is 0 Å². The van der Waals surface area contributed by atoms with E-state index in [0.29, 0.717) is 25.1 Å². The maximum absolute atomic E-state index is 13.1. The van der Waals surface area contributed by atoms with Crippen LogP contribution in [0.2, 0.25) is 0 Å². The van der Waals surface area contributed by atoms with Gasteiger partial charge in [-0.05, 0) is 62.1 Å². The topological polar surface area (TPSA) is 76.4 Å². The number of hydrogen-bond donors (Lipinski definition) is 1. The Morgan fingerprint density at radius 3 is 2.45 bits per heavy atom. The van der Waals surface area contributed by atoms with Crippen LogP contribution in [0.25, 0.3) is 0 Å². The molecule has 0 saturated carbocycles. The van der Waals surface area contributed by atoms with Gasteiger partial charge < -0.3 is 10.2 Å². The van der Waals surface area contributed by atoms with Crippen molar-refractivity contribution in [2.45, 2.75) is 39.2 Å². The van der Waals surface area contributed by atoms with Gasteiger partial charge in [-0.2, -0.15) is 5.26 Å². The Kier molecular flexibility index (Phi) is 7.80. The van der Waals surface area contributed by atoms with Crippen LogP contribution in [0.5, 0.6) is 0 Å². The van der Waals surface area contributed by atoms with E-state index >= 15 is 0 Å². The molecule has 0 radical (unpaired) electrons. The van der Waals surface area contributed by atoms with Crippen molar-refractivity contribution in [2.24, 2.45) is 0 Å². The molecule has 3 rings (SSSR count). The van der Waals surface area contributed by atoms with E-state index in [1.807, 2.05) is 62.4 Å². The number of piperidine rings is 1. The second-order valence-electron chi connectivity index (χ2n) is 8.11. The first kappa shape index (κ1) is 22.5. The first-order chi connectivity index (χ1) is 15.0. The Morgan fingerprint density at radius 2 is 1.81 bits per heavy atom. The fraction of sp³-hybridized carbons (Fsp3) is 0.400. The number of aryl methyl sites for hydroxylation is 2. The molecule has 0 aliphatic carbocycles. The molecule has 1 N–H and O–H groups in total. The fourth-order valence-corrected chi connectivity index (χ4v) is 3.82. The molecular formula is C25H30N4O2. The number of nitrogens with one attached hydrogen (secondary N) is 1. The number of likely N-dealkylation sites (tertiary alicyclic amines) is 1. The number of carbonyl (C=O) groups is 2. The van der Waals surface area contributed by atoms with Crippen LogP contribution < -0.4 is 10.2 Å². The second kappa shape index (κ2) is 10.7. The summed E-state index contributed by atoms with van der Waals surface area (Å²) in [5, 5.41) is 12.1. The molecule has 2 aromatic rings. The quantitative estimate of drug-likeness (QED) is 0.747. The van der Waals surface area contributed by atoms with Crippen molar-refractivity contribution in [1.29, 1.82) is 5.26 Å². The molecule has 1 aliphatic rings. The predicted octanol–water partition coefficient (Wildman–Crippen LogP) is 3.44. The van der Waals surface area contributed by atoms with Crippen LogP contribution in [0.4, 0.5) is 5.69 Å². The molecule has 0 unspecified atom stereocenters. The minimum absolute atomic E-state index is 0.00488. The molecule has 0 bridgehead atoms. The molecule has 1 saturated heterocycles. The molecule has 0 atom stereocenters. The summed E-state index contributed by atoms with van der Waals surface area (Å²) in [6.07, 6.45) is 1.92. The summed E-state index contributed by atoms with van der Waals surface area (Å²) in [6, 6.07) is 17.5. The van der Waals surface area contributed by atoms with Crippen molar-refractivity contribution in [1.82, 2.24) is 10.2 Å². The van der Waals surface area contributed by atoms with E-state index < -0.39 is 0 Å². The van der Waals surface area contributed by atoms with Crippen molar-refractivity contribution in [3.05, 3.63) is 65.2 Å². The zero-order valence-corrected chi connectivity index (χ0v) is 18.3. The van der Waals surface area contributed by atoms with E-state index in [9.17, 15) is 9.59 Å². The number of carbonyl (C=O) groups excluding carboxylic acids is 2. The molecule has 2 amide bonds. The van der Waals surface area contributed by atoms with Gasteiger partial charge in [-0.3, -0.25) is 14.5 Å². The SMILES string of the molecule is Cc1ccc(N(CCC#N)C(=O)CN2CCC(NC(=O)c3ccccc3)CC2)cc1C. The molecule has 31 heavy (non-hydrogen) atoms. The van der Waals surface area contributed by atoms with Gasteiger partial charge >= 0.3 is 0 Å². The lowest BCUT2D eigenvalue weighted by Crippen LogP contribution is -2.48. The predicted molar refractivity (Wildman–Crippen MR) is 122 cm³/mol. The third-order valence-electron chi connectivity index (χ3n) is 5.87. The molecular weight excluding hydrogens is 388 g/mol. The molecule has 1 aliphatic heterocycles. The van der Waals surface area contributed by atoms with Crippen molar-refractivity contribution in [3.8, 4) is 6.07 Å². The Morgan fingerprint density at radius 1 is 1.10 bits per heavy atom. The third kappa shape index (κ3) is 6.16. The van der Waals surface area contributed by atoms with Gasteiger partial charge in [-0.15, -0.1) is 0 Å². The van der Waals surface area contributed by atoms with E-state index in [1.54, 1.807) is 4.90 Å². The van der Waals surface area contributed by atoms with E-state index in [2.05, 4.69) is 16.3 Å². The van der Waals surface area contributed by atoms with Gasteiger partial charge in [0.25, 0.3) is 5.91 Å². The second-order valence-corrected chi connectivity index (χ2v) is 8.11. The summed E-state index contributed by atoms with van der Waals surface area (Å²) >= 11 is 0. The number of benzene rings is 2. The lowest BCUT2D eigenvalue weighted by Gasteiger charge is -2.33. The van der Waals surface area contributed by atoms with Crippen molar-refractivity contribution in [2.75, 3.05) is 31.1 Å². The number of amides is 2. The molecule has 0 aromatic heterocycles. The lowest BCUT2D eigenvalue weighted by atomic mass is 10.0. The van der Waals surface area contributed by atoms with Crippen molar-refractivity contribution >= 4 is 17.5 Å². The van der Waals surface area contributed by atoms with Gasteiger partial charge in [-0.1, -0.05) is 24.3 Å². The third-order valence-corrected chi connectivity index (χ3v) is 5.87. The van der Waals surface area contributed by atoms with Crippen LogP contribution in [0, 0.1) is 25.2 Å². The Hall–Kier alpha value is -3.17. The normalized spacial score (nSPS) is 14.6. The monoisotopic (exact) mass is 418 g/mol. The minimum Gasteiger partial charge on any atom is -0.349 e. The highest BCUT2D eigenvalue weighted by atomic mass is 16.2. The fourth-order valence-electron chi connectivity index (χ4n) is 3.82.